The van der Waals surface area contributed by atoms with Gasteiger partial charge in [-0.25, -0.2) is 4.79 Å². The minimum Gasteiger partial charge on any atom is -0.308 e. The summed E-state index contributed by atoms with van der Waals surface area (Å²) in [5.74, 6) is 0. The van der Waals surface area contributed by atoms with Crippen LogP contribution in [0.5, 0.6) is 0 Å². The van der Waals surface area contributed by atoms with Crippen LogP contribution in [0.3, 0.4) is 0 Å². The van der Waals surface area contributed by atoms with Gasteiger partial charge < -0.3 is 10.6 Å². The minimum atomic E-state index is -0.270. The van der Waals surface area contributed by atoms with Gasteiger partial charge in [-0.15, -0.1) is 0 Å². The van der Waals surface area contributed by atoms with Crippen molar-refractivity contribution in [2.75, 3.05) is 10.6 Å². The highest BCUT2D eigenvalue weighted by molar-refractivity contribution is 6.30. The van der Waals surface area contributed by atoms with Crippen LogP contribution in [0, 0.1) is 6.92 Å². The van der Waals surface area contributed by atoms with Crippen molar-refractivity contribution in [3.8, 4) is 0 Å². The van der Waals surface area contributed by atoms with E-state index in [1.807, 2.05) is 37.3 Å². The van der Waals surface area contributed by atoms with E-state index in [4.69, 9.17) is 11.6 Å². The molecule has 2 rings (SSSR count). The summed E-state index contributed by atoms with van der Waals surface area (Å²) in [4.78, 5) is 12.0. The first-order valence-electron chi connectivity index (χ1n) is 7.20. The Morgan fingerprint density at radius 1 is 1.00 bits per heavy atom. The highest BCUT2D eigenvalue weighted by atomic mass is 35.5. The van der Waals surface area contributed by atoms with Gasteiger partial charge in [-0.05, 0) is 53.8 Å². The van der Waals surface area contributed by atoms with Crippen molar-refractivity contribution in [3.05, 3.63) is 58.6 Å². The zero-order valence-electron chi connectivity index (χ0n) is 13.3. The maximum absolute atomic E-state index is 12.0. The highest BCUT2D eigenvalue weighted by Crippen LogP contribution is 2.24. The third-order valence-electron chi connectivity index (χ3n) is 3.45. The molecule has 0 heterocycles. The van der Waals surface area contributed by atoms with E-state index in [2.05, 4.69) is 31.4 Å². The second-order valence-electron chi connectivity index (χ2n) is 6.37. The molecule has 2 aromatic carbocycles. The first-order chi connectivity index (χ1) is 10.3. The Bertz CT molecular complexity index is 672. The van der Waals surface area contributed by atoms with E-state index >= 15 is 0 Å². The van der Waals surface area contributed by atoms with Crippen LogP contribution in [0.2, 0.25) is 5.02 Å². The fourth-order valence-electron chi connectivity index (χ4n) is 2.11. The Morgan fingerprint density at radius 3 is 2.18 bits per heavy atom. The summed E-state index contributed by atoms with van der Waals surface area (Å²) in [6, 6.07) is 13.0. The monoisotopic (exact) mass is 316 g/mol. The molecule has 116 valence electrons. The third kappa shape index (κ3) is 4.25. The molecule has 0 fully saturated rings. The third-order valence-corrected chi connectivity index (χ3v) is 3.68. The number of carbonyl (C=O) groups excluding carboxylic acids is 1. The minimum absolute atomic E-state index is 0.0984. The van der Waals surface area contributed by atoms with Gasteiger partial charge in [-0.2, -0.15) is 0 Å². The number of carbonyl (C=O) groups is 1. The Labute approximate surface area is 136 Å². The molecule has 0 spiro atoms. The van der Waals surface area contributed by atoms with Gasteiger partial charge in [0, 0.05) is 16.4 Å². The number of rotatable bonds is 2. The molecule has 3 nitrogen and oxygen atoms in total. The molecule has 2 amide bonds. The molecular weight excluding hydrogens is 296 g/mol. The van der Waals surface area contributed by atoms with E-state index in [1.54, 1.807) is 12.1 Å². The lowest BCUT2D eigenvalue weighted by atomic mass is 9.87. The first kappa shape index (κ1) is 16.4. The molecule has 0 aliphatic rings. The molecule has 0 bridgehead atoms. The van der Waals surface area contributed by atoms with E-state index in [9.17, 15) is 4.79 Å². The normalized spacial score (nSPS) is 11.1. The fraction of sp³-hybridized carbons (Fsp3) is 0.278. The largest absolute Gasteiger partial charge is 0.323 e. The van der Waals surface area contributed by atoms with Crippen LogP contribution in [0.15, 0.2) is 42.5 Å². The number of hydrogen-bond donors (Lipinski definition) is 2. The van der Waals surface area contributed by atoms with Crippen molar-refractivity contribution in [2.24, 2.45) is 0 Å². The second-order valence-corrected chi connectivity index (χ2v) is 6.80. The zero-order valence-corrected chi connectivity index (χ0v) is 14.1. The summed E-state index contributed by atoms with van der Waals surface area (Å²) in [6.45, 7) is 8.38. The van der Waals surface area contributed by atoms with Crippen LogP contribution in [-0.4, -0.2) is 6.03 Å². The Hall–Kier alpha value is -2.00. The molecule has 22 heavy (non-hydrogen) atoms. The van der Waals surface area contributed by atoms with E-state index in [-0.39, 0.29) is 11.4 Å². The van der Waals surface area contributed by atoms with E-state index in [1.165, 1.54) is 5.56 Å². The van der Waals surface area contributed by atoms with Gasteiger partial charge in [0.25, 0.3) is 0 Å². The van der Waals surface area contributed by atoms with Gasteiger partial charge in [-0.1, -0.05) is 44.5 Å². The van der Waals surface area contributed by atoms with Gasteiger partial charge >= 0.3 is 6.03 Å². The van der Waals surface area contributed by atoms with Gasteiger partial charge in [-0.3, -0.25) is 0 Å². The topological polar surface area (TPSA) is 41.1 Å². The zero-order chi connectivity index (χ0) is 16.3. The lowest BCUT2D eigenvalue weighted by Crippen LogP contribution is -2.20. The summed E-state index contributed by atoms with van der Waals surface area (Å²) in [6.07, 6.45) is 0. The number of nitrogens with one attached hydrogen (secondary N) is 2. The molecule has 0 unspecified atom stereocenters. The van der Waals surface area contributed by atoms with E-state index < -0.39 is 0 Å². The second kappa shape index (κ2) is 6.41. The molecular formula is C18H21ClN2O. The fourth-order valence-corrected chi connectivity index (χ4v) is 2.33. The van der Waals surface area contributed by atoms with E-state index in [0.717, 1.165) is 16.9 Å². The molecule has 0 aliphatic heterocycles. The number of aryl methyl sites for hydroxylation is 1. The summed E-state index contributed by atoms with van der Waals surface area (Å²) < 4.78 is 0. The maximum atomic E-state index is 12.0. The number of urea groups is 1. The van der Waals surface area contributed by atoms with Gasteiger partial charge in [0.1, 0.15) is 0 Å². The van der Waals surface area contributed by atoms with Crippen LogP contribution in [0.4, 0.5) is 16.2 Å². The van der Waals surface area contributed by atoms with Crippen LogP contribution >= 0.6 is 11.6 Å². The number of halogens is 1. The van der Waals surface area contributed by atoms with Crippen molar-refractivity contribution in [1.29, 1.82) is 0 Å². The lowest BCUT2D eigenvalue weighted by molar-refractivity contribution is 0.262. The quantitative estimate of drug-likeness (QED) is 0.745. The Balaban J connectivity index is 2.03. The summed E-state index contributed by atoms with van der Waals surface area (Å²) in [5, 5.41) is 6.30. The molecule has 2 aromatic rings. The van der Waals surface area contributed by atoms with Crippen molar-refractivity contribution in [1.82, 2.24) is 0 Å². The average Bonchev–Trinajstić information content (AvgIpc) is 2.41. The molecule has 0 saturated heterocycles. The van der Waals surface area contributed by atoms with E-state index in [0.29, 0.717) is 5.02 Å². The molecule has 0 radical (unpaired) electrons. The standard InChI is InChI=1S/C18H21ClN2O/c1-12-11-14(19)7-10-16(12)21-17(22)20-15-8-5-13(6-9-15)18(2,3)4/h5-11H,1-4H3,(H2,20,21,22). The molecule has 2 N–H and O–H groups in total. The van der Waals surface area contributed by atoms with Gasteiger partial charge in [0.2, 0.25) is 0 Å². The van der Waals surface area contributed by atoms with Crippen LogP contribution in [0.25, 0.3) is 0 Å². The summed E-state index contributed by atoms with van der Waals surface area (Å²) in [7, 11) is 0. The Morgan fingerprint density at radius 2 is 1.64 bits per heavy atom. The molecule has 0 saturated carbocycles. The average molecular weight is 317 g/mol. The predicted molar refractivity (Wildman–Crippen MR) is 94.0 cm³/mol. The van der Waals surface area contributed by atoms with Gasteiger partial charge in [0.15, 0.2) is 0 Å². The molecule has 0 atom stereocenters. The van der Waals surface area contributed by atoms with Crippen molar-refractivity contribution < 1.29 is 4.79 Å². The van der Waals surface area contributed by atoms with Crippen molar-refractivity contribution in [3.63, 3.8) is 0 Å². The SMILES string of the molecule is Cc1cc(Cl)ccc1NC(=O)Nc1ccc(C(C)(C)C)cc1. The number of benzene rings is 2. The molecule has 4 heteroatoms. The number of amides is 2. The van der Waals surface area contributed by atoms with Crippen molar-refractivity contribution in [2.45, 2.75) is 33.1 Å². The highest BCUT2D eigenvalue weighted by Gasteiger charge is 2.13. The lowest BCUT2D eigenvalue weighted by Gasteiger charge is -2.19. The Kier molecular flexibility index (Phi) is 4.77. The maximum Gasteiger partial charge on any atom is 0.323 e. The number of hydrogen-bond acceptors (Lipinski definition) is 1. The molecule has 0 aliphatic carbocycles. The predicted octanol–water partition coefficient (Wildman–Crippen LogP) is 5.59. The van der Waals surface area contributed by atoms with Crippen LogP contribution in [-0.2, 0) is 5.41 Å². The van der Waals surface area contributed by atoms with Crippen LogP contribution < -0.4 is 10.6 Å². The van der Waals surface area contributed by atoms with Gasteiger partial charge in [0.05, 0.1) is 0 Å². The first-order valence-corrected chi connectivity index (χ1v) is 7.58. The molecule has 0 aromatic heterocycles. The van der Waals surface area contributed by atoms with Crippen LogP contribution in [0.1, 0.15) is 31.9 Å². The summed E-state index contributed by atoms with van der Waals surface area (Å²) >= 11 is 5.91. The smallest absolute Gasteiger partial charge is 0.308 e. The summed E-state index contributed by atoms with van der Waals surface area (Å²) in [5.41, 5.74) is 3.75. The van der Waals surface area contributed by atoms with Crippen molar-refractivity contribution >= 4 is 29.0 Å². The number of anilines is 2.